The van der Waals surface area contributed by atoms with E-state index in [2.05, 4.69) is 20.5 Å². The molecule has 2 heterocycles. The van der Waals surface area contributed by atoms with E-state index in [0.29, 0.717) is 21.7 Å². The minimum absolute atomic E-state index is 0.237. The summed E-state index contributed by atoms with van der Waals surface area (Å²) in [5, 5.41) is 9.62. The Morgan fingerprint density at radius 2 is 2.35 bits per heavy atom. The number of aromatic amines is 1. The highest BCUT2D eigenvalue weighted by molar-refractivity contribution is 7.21. The molecule has 0 bridgehead atoms. The van der Waals surface area contributed by atoms with E-state index in [1.165, 1.54) is 23.7 Å². The molecule has 102 valence electrons. The third kappa shape index (κ3) is 2.16. The zero-order valence-corrected chi connectivity index (χ0v) is 11.4. The summed E-state index contributed by atoms with van der Waals surface area (Å²) in [5.74, 6) is 0.0355. The van der Waals surface area contributed by atoms with Crippen molar-refractivity contribution in [1.29, 1.82) is 0 Å². The molecule has 5 nitrogen and oxygen atoms in total. The van der Waals surface area contributed by atoms with E-state index >= 15 is 0 Å². The van der Waals surface area contributed by atoms with Gasteiger partial charge in [0.25, 0.3) is 5.91 Å². The molecule has 0 fully saturated rings. The number of aromatic nitrogens is 3. The summed E-state index contributed by atoms with van der Waals surface area (Å²) >= 11 is 1.29. The minimum atomic E-state index is -0.300. The van der Waals surface area contributed by atoms with Crippen LogP contribution in [0.5, 0.6) is 0 Å². The molecule has 2 N–H and O–H groups in total. The zero-order chi connectivity index (χ0) is 14.1. The van der Waals surface area contributed by atoms with Crippen LogP contribution in [0.15, 0.2) is 24.5 Å². The normalized spacial score (nSPS) is 10.9. The smallest absolute Gasteiger partial charge is 0.262 e. The topological polar surface area (TPSA) is 70.7 Å². The quantitative estimate of drug-likeness (QED) is 0.778. The Kier molecular flexibility index (Phi) is 3.19. The first-order valence-electron chi connectivity index (χ1n) is 5.97. The molecule has 0 saturated heterocycles. The van der Waals surface area contributed by atoms with Gasteiger partial charge in [0.2, 0.25) is 0 Å². The highest BCUT2D eigenvalue weighted by atomic mass is 32.1. The summed E-state index contributed by atoms with van der Waals surface area (Å²) in [6.45, 7) is 2.01. The van der Waals surface area contributed by atoms with Gasteiger partial charge in [0, 0.05) is 10.1 Å². The zero-order valence-electron chi connectivity index (χ0n) is 10.6. The largest absolute Gasteiger partial charge is 0.344 e. The minimum Gasteiger partial charge on any atom is -0.344 e. The molecule has 2 aromatic heterocycles. The van der Waals surface area contributed by atoms with Crippen LogP contribution in [-0.2, 0) is 6.54 Å². The van der Waals surface area contributed by atoms with E-state index in [1.807, 2.05) is 6.07 Å². The number of halogens is 1. The third-order valence-electron chi connectivity index (χ3n) is 2.99. The van der Waals surface area contributed by atoms with Crippen LogP contribution in [0.2, 0.25) is 0 Å². The highest BCUT2D eigenvalue weighted by Gasteiger charge is 2.17. The van der Waals surface area contributed by atoms with Crippen LogP contribution in [0.3, 0.4) is 0 Å². The fourth-order valence-electron chi connectivity index (χ4n) is 2.03. The van der Waals surface area contributed by atoms with E-state index in [9.17, 15) is 9.18 Å². The second-order valence-corrected chi connectivity index (χ2v) is 5.34. The predicted molar refractivity (Wildman–Crippen MR) is 74.1 cm³/mol. The standard InChI is InChI=1S/C13H11FN4OS/c1-7-11-8(14)3-2-4-9(11)20-12(7)13(19)15-5-10-16-6-17-18-10/h2-4,6H,5H2,1H3,(H,15,19)(H,16,17,18). The number of hydrogen-bond acceptors (Lipinski definition) is 4. The number of aryl methyl sites for hydroxylation is 1. The Morgan fingerprint density at radius 3 is 3.05 bits per heavy atom. The number of H-pyrrole nitrogens is 1. The summed E-state index contributed by atoms with van der Waals surface area (Å²) in [6, 6.07) is 4.85. The third-order valence-corrected chi connectivity index (χ3v) is 4.25. The molecule has 1 aromatic carbocycles. The highest BCUT2D eigenvalue weighted by Crippen LogP contribution is 2.32. The molecule has 20 heavy (non-hydrogen) atoms. The molecule has 0 unspecified atom stereocenters. The van der Waals surface area contributed by atoms with Crippen LogP contribution >= 0.6 is 11.3 Å². The summed E-state index contributed by atoms with van der Waals surface area (Å²) in [4.78, 5) is 16.6. The number of benzene rings is 1. The molecular weight excluding hydrogens is 279 g/mol. The van der Waals surface area contributed by atoms with Crippen molar-refractivity contribution in [3.8, 4) is 0 Å². The number of nitrogens with zero attached hydrogens (tertiary/aromatic N) is 2. The molecular formula is C13H11FN4OS. The molecule has 0 saturated carbocycles. The van der Waals surface area contributed by atoms with Crippen LogP contribution in [0.25, 0.3) is 10.1 Å². The number of hydrogen-bond donors (Lipinski definition) is 2. The lowest BCUT2D eigenvalue weighted by Gasteiger charge is -2.01. The molecule has 1 amide bonds. The van der Waals surface area contributed by atoms with Crippen molar-refractivity contribution in [3.05, 3.63) is 46.6 Å². The Labute approximate surface area is 117 Å². The Hall–Kier alpha value is -2.28. The monoisotopic (exact) mass is 290 g/mol. The van der Waals surface area contributed by atoms with E-state index in [1.54, 1.807) is 13.0 Å². The van der Waals surface area contributed by atoms with Crippen molar-refractivity contribution in [2.24, 2.45) is 0 Å². The maximum Gasteiger partial charge on any atom is 0.262 e. The van der Waals surface area contributed by atoms with Gasteiger partial charge in [-0.2, -0.15) is 5.10 Å². The maximum absolute atomic E-state index is 13.8. The van der Waals surface area contributed by atoms with Crippen LogP contribution in [-0.4, -0.2) is 21.1 Å². The molecule has 0 aliphatic heterocycles. The van der Waals surface area contributed by atoms with Gasteiger partial charge < -0.3 is 5.32 Å². The van der Waals surface area contributed by atoms with Crippen molar-refractivity contribution in [1.82, 2.24) is 20.5 Å². The van der Waals surface area contributed by atoms with Crippen LogP contribution < -0.4 is 5.32 Å². The van der Waals surface area contributed by atoms with Crippen LogP contribution in [0.1, 0.15) is 21.1 Å². The lowest BCUT2D eigenvalue weighted by Crippen LogP contribution is -2.23. The Balaban J connectivity index is 1.88. The summed E-state index contributed by atoms with van der Waals surface area (Å²) in [6.07, 6.45) is 1.38. The Bertz CT molecular complexity index is 766. The first-order valence-corrected chi connectivity index (χ1v) is 6.78. The second kappa shape index (κ2) is 5.01. The number of fused-ring (bicyclic) bond motifs is 1. The van der Waals surface area contributed by atoms with Gasteiger partial charge in [-0.05, 0) is 24.6 Å². The molecule has 0 atom stereocenters. The molecule has 0 spiro atoms. The van der Waals surface area contributed by atoms with E-state index < -0.39 is 0 Å². The molecule has 3 aromatic rings. The van der Waals surface area contributed by atoms with Gasteiger partial charge in [0.15, 0.2) is 0 Å². The van der Waals surface area contributed by atoms with Crippen molar-refractivity contribution < 1.29 is 9.18 Å². The number of rotatable bonds is 3. The number of carbonyl (C=O) groups excluding carboxylic acids is 1. The number of nitrogens with one attached hydrogen (secondary N) is 2. The predicted octanol–water partition coefficient (Wildman–Crippen LogP) is 2.40. The van der Waals surface area contributed by atoms with Crippen molar-refractivity contribution in [2.45, 2.75) is 13.5 Å². The molecule has 3 rings (SSSR count). The van der Waals surface area contributed by atoms with E-state index in [-0.39, 0.29) is 18.3 Å². The van der Waals surface area contributed by atoms with Gasteiger partial charge in [-0.1, -0.05) is 6.07 Å². The van der Waals surface area contributed by atoms with Crippen LogP contribution in [0, 0.1) is 12.7 Å². The van der Waals surface area contributed by atoms with Gasteiger partial charge >= 0.3 is 0 Å². The molecule has 0 radical (unpaired) electrons. The first-order chi connectivity index (χ1) is 9.66. The second-order valence-electron chi connectivity index (χ2n) is 4.28. The number of amides is 1. The summed E-state index contributed by atoms with van der Waals surface area (Å²) in [7, 11) is 0. The van der Waals surface area contributed by atoms with Crippen molar-refractivity contribution in [2.75, 3.05) is 0 Å². The molecule has 0 aliphatic carbocycles. The summed E-state index contributed by atoms with van der Waals surface area (Å²) in [5.41, 5.74) is 0.665. The fourth-order valence-corrected chi connectivity index (χ4v) is 3.17. The van der Waals surface area contributed by atoms with Crippen molar-refractivity contribution in [3.63, 3.8) is 0 Å². The average molecular weight is 290 g/mol. The summed E-state index contributed by atoms with van der Waals surface area (Å²) < 4.78 is 14.6. The SMILES string of the molecule is Cc1c(C(=O)NCc2ncn[nH]2)sc2cccc(F)c12. The first kappa shape index (κ1) is 12.7. The average Bonchev–Trinajstić information content (AvgIpc) is 3.05. The lowest BCUT2D eigenvalue weighted by molar-refractivity contribution is 0.0953. The number of carbonyl (C=O) groups is 1. The van der Waals surface area contributed by atoms with E-state index in [0.717, 1.165) is 4.70 Å². The lowest BCUT2D eigenvalue weighted by atomic mass is 10.1. The van der Waals surface area contributed by atoms with Crippen molar-refractivity contribution >= 4 is 27.3 Å². The maximum atomic E-state index is 13.8. The van der Waals surface area contributed by atoms with Crippen LogP contribution in [0.4, 0.5) is 4.39 Å². The molecule has 7 heteroatoms. The van der Waals surface area contributed by atoms with Gasteiger partial charge in [-0.3, -0.25) is 9.89 Å². The number of thiophene rings is 1. The Morgan fingerprint density at radius 1 is 1.50 bits per heavy atom. The molecule has 0 aliphatic rings. The van der Waals surface area contributed by atoms with Gasteiger partial charge in [-0.15, -0.1) is 11.3 Å². The van der Waals surface area contributed by atoms with Gasteiger partial charge in [0.05, 0.1) is 11.4 Å². The van der Waals surface area contributed by atoms with Gasteiger partial charge in [-0.25, -0.2) is 9.37 Å². The van der Waals surface area contributed by atoms with Gasteiger partial charge in [0.1, 0.15) is 18.0 Å². The van der Waals surface area contributed by atoms with E-state index in [4.69, 9.17) is 0 Å². The fraction of sp³-hybridized carbons (Fsp3) is 0.154.